The molecule has 0 radical (unpaired) electrons. The van der Waals surface area contributed by atoms with Crippen LogP contribution in [0.2, 0.25) is 0 Å². The van der Waals surface area contributed by atoms with E-state index in [0.717, 1.165) is 53.7 Å². The van der Waals surface area contributed by atoms with Crippen molar-refractivity contribution in [3.8, 4) is 11.3 Å². The molecule has 0 spiro atoms. The molecule has 3 atom stereocenters. The normalized spacial score (nSPS) is 21.6. The molecule has 2 saturated heterocycles. The molecule has 1 N–H and O–H groups in total. The minimum Gasteiger partial charge on any atom is -0.381 e. The summed E-state index contributed by atoms with van der Waals surface area (Å²) in [5.74, 6) is 0.746. The topological polar surface area (TPSA) is 119 Å². The number of fused-ring (bicyclic) bond motifs is 2. The zero-order valence-electron chi connectivity index (χ0n) is 27.3. The van der Waals surface area contributed by atoms with Crippen LogP contribution in [0.4, 0.5) is 5.82 Å². The first-order valence-corrected chi connectivity index (χ1v) is 16.8. The van der Waals surface area contributed by atoms with E-state index in [9.17, 15) is 9.59 Å². The lowest BCUT2D eigenvalue weighted by molar-refractivity contribution is -0.131. The smallest absolute Gasteiger partial charge is 0.257 e. The molecule has 1 unspecified atom stereocenters. The fraction of sp³-hybridized carbons (Fsp3) is 0.417. The summed E-state index contributed by atoms with van der Waals surface area (Å²) in [6.45, 7) is 2.65. The number of likely N-dealkylation sites (tertiary alicyclic amines) is 1. The fourth-order valence-electron chi connectivity index (χ4n) is 7.43. The Bertz CT molecular complexity index is 1960. The Balaban J connectivity index is 1.21. The highest BCUT2D eigenvalue weighted by Crippen LogP contribution is 2.37. The van der Waals surface area contributed by atoms with Crippen LogP contribution in [0.1, 0.15) is 54.1 Å². The molecule has 2 aliphatic heterocycles. The zero-order chi connectivity index (χ0) is 32.8. The van der Waals surface area contributed by atoms with Gasteiger partial charge < -0.3 is 29.2 Å². The number of nitrogens with zero attached hydrogens (tertiary/aromatic N) is 7. The first kappa shape index (κ1) is 30.5. The Morgan fingerprint density at radius 3 is 2.67 bits per heavy atom. The van der Waals surface area contributed by atoms with Crippen molar-refractivity contribution in [2.75, 3.05) is 38.8 Å². The van der Waals surface area contributed by atoms with Crippen LogP contribution in [0, 0.1) is 0 Å². The van der Waals surface area contributed by atoms with Crippen molar-refractivity contribution in [3.63, 3.8) is 0 Å². The number of aromatic nitrogens is 5. The summed E-state index contributed by atoms with van der Waals surface area (Å²) in [5.41, 5.74) is 4.42. The summed E-state index contributed by atoms with van der Waals surface area (Å²) in [7, 11) is 3.70. The zero-order valence-corrected chi connectivity index (χ0v) is 27.3. The van der Waals surface area contributed by atoms with E-state index in [1.54, 1.807) is 24.0 Å². The van der Waals surface area contributed by atoms with E-state index in [2.05, 4.69) is 38.2 Å². The Kier molecular flexibility index (Phi) is 8.05. The number of carbonyl (C=O) groups is 2. The quantitative estimate of drug-likeness (QED) is 0.252. The van der Waals surface area contributed by atoms with Crippen molar-refractivity contribution < 1.29 is 19.1 Å². The molecular weight excluding hydrogens is 608 g/mol. The molecule has 6 heterocycles. The van der Waals surface area contributed by atoms with Gasteiger partial charge in [-0.2, -0.15) is 9.61 Å². The third-order valence-electron chi connectivity index (χ3n) is 10.2. The third kappa shape index (κ3) is 5.48. The van der Waals surface area contributed by atoms with Crippen LogP contribution in [0.15, 0.2) is 67.1 Å². The molecule has 1 aliphatic carbocycles. The molecule has 3 fully saturated rings. The SMILES string of the molecule is CO[C@H]1CCC1NC(=O)c1cnn2c(N(C)Cc3ccccc3)cc(-c3cn([C@@H]4CC(=O)N(C5CCOCC5)C4)c4ncccc34)nc12. The molecule has 5 aromatic rings. The van der Waals surface area contributed by atoms with Crippen LogP contribution in [0.25, 0.3) is 27.9 Å². The first-order chi connectivity index (χ1) is 23.5. The molecule has 48 heavy (non-hydrogen) atoms. The van der Waals surface area contributed by atoms with E-state index in [0.29, 0.717) is 49.6 Å². The second-order valence-electron chi connectivity index (χ2n) is 13.1. The van der Waals surface area contributed by atoms with Crippen LogP contribution in [0.5, 0.6) is 0 Å². The summed E-state index contributed by atoms with van der Waals surface area (Å²) in [6.07, 6.45) is 9.43. The number of rotatable bonds is 9. The van der Waals surface area contributed by atoms with Gasteiger partial charge in [-0.3, -0.25) is 9.59 Å². The molecule has 248 valence electrons. The molecule has 1 aromatic carbocycles. The van der Waals surface area contributed by atoms with Gasteiger partial charge in [0.05, 0.1) is 30.1 Å². The molecular formula is C36H40N8O4. The van der Waals surface area contributed by atoms with Crippen LogP contribution in [0.3, 0.4) is 0 Å². The van der Waals surface area contributed by atoms with E-state index in [1.807, 2.05) is 48.3 Å². The molecule has 12 heteroatoms. The highest BCUT2D eigenvalue weighted by molar-refractivity contribution is 6.01. The number of carbonyl (C=O) groups excluding carboxylic acids is 2. The van der Waals surface area contributed by atoms with Gasteiger partial charge in [0, 0.05) is 82.3 Å². The summed E-state index contributed by atoms with van der Waals surface area (Å²) in [5, 5.41) is 8.74. The van der Waals surface area contributed by atoms with Gasteiger partial charge in [0.25, 0.3) is 5.91 Å². The molecule has 2 amide bonds. The number of nitrogens with one attached hydrogen (secondary N) is 1. The Morgan fingerprint density at radius 1 is 1.06 bits per heavy atom. The van der Waals surface area contributed by atoms with E-state index < -0.39 is 0 Å². The van der Waals surface area contributed by atoms with Crippen LogP contribution in [-0.4, -0.2) is 93.0 Å². The van der Waals surface area contributed by atoms with E-state index in [1.165, 1.54) is 0 Å². The Hall–Kier alpha value is -4.81. The first-order valence-electron chi connectivity index (χ1n) is 16.8. The number of benzene rings is 1. The summed E-state index contributed by atoms with van der Waals surface area (Å²) in [6, 6.07) is 16.4. The Labute approximate surface area is 278 Å². The minimum absolute atomic E-state index is 0.00958. The monoisotopic (exact) mass is 648 g/mol. The largest absolute Gasteiger partial charge is 0.381 e. The fourth-order valence-corrected chi connectivity index (χ4v) is 7.43. The number of anilines is 1. The predicted molar refractivity (Wildman–Crippen MR) is 181 cm³/mol. The second-order valence-corrected chi connectivity index (χ2v) is 13.1. The van der Waals surface area contributed by atoms with Gasteiger partial charge in [0.1, 0.15) is 17.0 Å². The van der Waals surface area contributed by atoms with E-state index in [-0.39, 0.29) is 36.0 Å². The van der Waals surface area contributed by atoms with Crippen molar-refractivity contribution in [1.29, 1.82) is 0 Å². The second kappa shape index (κ2) is 12.7. The van der Waals surface area contributed by atoms with Crippen molar-refractivity contribution in [2.45, 2.75) is 62.9 Å². The maximum atomic E-state index is 13.7. The highest BCUT2D eigenvalue weighted by atomic mass is 16.5. The number of ether oxygens (including phenoxy) is 2. The van der Waals surface area contributed by atoms with Crippen molar-refractivity contribution >= 4 is 34.3 Å². The molecule has 3 aliphatic rings. The minimum atomic E-state index is -0.222. The lowest BCUT2D eigenvalue weighted by Crippen LogP contribution is -2.51. The van der Waals surface area contributed by atoms with Crippen LogP contribution in [-0.2, 0) is 20.8 Å². The highest BCUT2D eigenvalue weighted by Gasteiger charge is 2.37. The van der Waals surface area contributed by atoms with Gasteiger partial charge in [-0.15, -0.1) is 0 Å². The maximum Gasteiger partial charge on any atom is 0.257 e. The third-order valence-corrected chi connectivity index (χ3v) is 10.2. The number of methoxy groups -OCH3 is 1. The van der Waals surface area contributed by atoms with Gasteiger partial charge in [-0.05, 0) is 43.4 Å². The standard InChI is InChI=1S/C36H40N8O4/c1-41(20-23-7-4-3-5-8-23)32-18-30(39-35-27(19-38-44(32)35)36(46)40-29-10-11-31(29)47-2)28-22-43(34-26(28)9-6-14-37-34)25-17-33(45)42(21-25)24-12-15-48-16-13-24/h3-9,14,18-19,22,24-25,29,31H,10-13,15-17,20-21H2,1-2H3,(H,40,46)/t25-,29?,31+/m1/s1. The average molecular weight is 649 g/mol. The Morgan fingerprint density at radius 2 is 1.90 bits per heavy atom. The summed E-state index contributed by atoms with van der Waals surface area (Å²) >= 11 is 0. The average Bonchev–Trinajstić information content (AvgIpc) is 3.82. The molecule has 4 aromatic heterocycles. The molecule has 8 rings (SSSR count). The van der Waals surface area contributed by atoms with E-state index >= 15 is 0 Å². The van der Waals surface area contributed by atoms with Gasteiger partial charge in [-0.1, -0.05) is 30.3 Å². The number of hydrogen-bond donors (Lipinski definition) is 1. The summed E-state index contributed by atoms with van der Waals surface area (Å²) in [4.78, 5) is 41.0. The van der Waals surface area contributed by atoms with Gasteiger partial charge >= 0.3 is 0 Å². The van der Waals surface area contributed by atoms with Gasteiger partial charge in [-0.25, -0.2) is 9.97 Å². The lowest BCUT2D eigenvalue weighted by Gasteiger charge is -2.35. The maximum absolute atomic E-state index is 13.7. The lowest BCUT2D eigenvalue weighted by atomic mass is 9.89. The molecule has 12 nitrogen and oxygen atoms in total. The summed E-state index contributed by atoms with van der Waals surface area (Å²) < 4.78 is 15.0. The van der Waals surface area contributed by atoms with Gasteiger partial charge in [0.2, 0.25) is 5.91 Å². The number of pyridine rings is 1. The van der Waals surface area contributed by atoms with E-state index in [4.69, 9.17) is 19.4 Å². The molecule has 0 bridgehead atoms. The van der Waals surface area contributed by atoms with Crippen molar-refractivity contribution in [1.82, 2.24) is 34.4 Å². The number of amides is 2. The van der Waals surface area contributed by atoms with Gasteiger partial charge in [0.15, 0.2) is 5.65 Å². The van der Waals surface area contributed by atoms with Crippen LogP contribution >= 0.6 is 0 Å². The molecule has 1 saturated carbocycles. The van der Waals surface area contributed by atoms with Crippen molar-refractivity contribution in [2.24, 2.45) is 0 Å². The number of hydrogen-bond acceptors (Lipinski definition) is 8. The predicted octanol–water partition coefficient (Wildman–Crippen LogP) is 4.24. The van der Waals surface area contributed by atoms with Crippen molar-refractivity contribution in [3.05, 3.63) is 78.2 Å². The van der Waals surface area contributed by atoms with Crippen LogP contribution < -0.4 is 10.2 Å².